The molecule has 0 saturated heterocycles. The molecule has 0 saturated carbocycles. The van der Waals surface area contributed by atoms with Crippen LogP contribution in [-0.2, 0) is 11.4 Å². The van der Waals surface area contributed by atoms with Gasteiger partial charge in [-0.25, -0.2) is 0 Å². The van der Waals surface area contributed by atoms with E-state index in [4.69, 9.17) is 13.7 Å². The highest BCUT2D eigenvalue weighted by Gasteiger charge is 2.46. The van der Waals surface area contributed by atoms with Crippen LogP contribution in [0.2, 0.25) is 0 Å². The lowest BCUT2D eigenvalue weighted by Crippen LogP contribution is -2.31. The first-order valence-corrected chi connectivity index (χ1v) is 10.6. The molecule has 5 rings (SSSR count). The Kier molecular flexibility index (Phi) is 5.47. The number of benzene rings is 2. The molecule has 0 unspecified atom stereocenters. The van der Waals surface area contributed by atoms with Crippen molar-refractivity contribution in [2.24, 2.45) is 0 Å². The van der Waals surface area contributed by atoms with Gasteiger partial charge in [0.1, 0.15) is 18.1 Å². The highest BCUT2D eigenvalue weighted by atomic mass is 16.5. The van der Waals surface area contributed by atoms with Gasteiger partial charge in [0, 0.05) is 6.07 Å². The van der Waals surface area contributed by atoms with Crippen molar-refractivity contribution in [1.29, 1.82) is 0 Å². The number of ether oxygens (including phenoxy) is 1. The maximum Gasteiger partial charge on any atom is 0.295 e. The van der Waals surface area contributed by atoms with Gasteiger partial charge in [0.05, 0.1) is 17.9 Å². The van der Waals surface area contributed by atoms with Crippen LogP contribution in [0.25, 0.3) is 0 Å². The van der Waals surface area contributed by atoms with E-state index >= 15 is 0 Å². The standard InChI is InChI=1S/C26H20N2O6/c1-16-14-21(27-34-16)28-23(22(25(30)26(28)31)24(29)20-8-5-13-32-20)18-9-11-19(12-10-18)33-15-17-6-3-2-4-7-17/h2-14,23,30H,15H2,1H3/t23-/m0/s1. The molecule has 3 heterocycles. The van der Waals surface area contributed by atoms with E-state index in [1.807, 2.05) is 30.3 Å². The molecule has 2 aromatic heterocycles. The van der Waals surface area contributed by atoms with Crippen LogP contribution in [0.15, 0.2) is 99.3 Å². The minimum absolute atomic E-state index is 0.0142. The van der Waals surface area contributed by atoms with Crippen LogP contribution in [0.3, 0.4) is 0 Å². The molecule has 8 nitrogen and oxygen atoms in total. The van der Waals surface area contributed by atoms with Crippen LogP contribution in [-0.4, -0.2) is 22.0 Å². The van der Waals surface area contributed by atoms with Crippen molar-refractivity contribution in [3.8, 4) is 5.75 Å². The SMILES string of the molecule is Cc1cc(N2C(=O)C(O)=C(C(=O)c3ccco3)[C@@H]2c2ccc(OCc3ccccc3)cc2)no1. The lowest BCUT2D eigenvalue weighted by molar-refractivity contribution is -0.117. The summed E-state index contributed by atoms with van der Waals surface area (Å²) in [7, 11) is 0. The van der Waals surface area contributed by atoms with Crippen molar-refractivity contribution >= 4 is 17.5 Å². The number of ketones is 1. The van der Waals surface area contributed by atoms with Gasteiger partial charge in [-0.2, -0.15) is 0 Å². The number of aryl methyl sites for hydroxylation is 1. The maximum absolute atomic E-state index is 13.2. The van der Waals surface area contributed by atoms with Crippen molar-refractivity contribution < 1.29 is 28.4 Å². The predicted octanol–water partition coefficient (Wildman–Crippen LogP) is 4.94. The number of Topliss-reactive ketones (excluding diaryl/α,β-unsaturated/α-hetero) is 1. The van der Waals surface area contributed by atoms with Crippen LogP contribution in [0.5, 0.6) is 5.75 Å². The smallest absolute Gasteiger partial charge is 0.295 e. The van der Waals surface area contributed by atoms with E-state index in [2.05, 4.69) is 5.16 Å². The normalized spacial score (nSPS) is 15.7. The zero-order valence-corrected chi connectivity index (χ0v) is 18.2. The second-order valence-electron chi connectivity index (χ2n) is 7.79. The molecular weight excluding hydrogens is 436 g/mol. The lowest BCUT2D eigenvalue weighted by Gasteiger charge is -2.24. The quantitative estimate of drug-likeness (QED) is 0.393. The molecule has 0 fully saturated rings. The second-order valence-corrected chi connectivity index (χ2v) is 7.79. The van der Waals surface area contributed by atoms with E-state index < -0.39 is 23.5 Å². The Morgan fingerprint density at radius 1 is 1.09 bits per heavy atom. The van der Waals surface area contributed by atoms with Gasteiger partial charge in [-0.1, -0.05) is 47.6 Å². The van der Waals surface area contributed by atoms with Gasteiger partial charge in [0.15, 0.2) is 17.3 Å². The number of furan rings is 1. The third kappa shape index (κ3) is 3.86. The van der Waals surface area contributed by atoms with Crippen molar-refractivity contribution in [2.45, 2.75) is 19.6 Å². The van der Waals surface area contributed by atoms with Crippen LogP contribution in [0.4, 0.5) is 5.82 Å². The zero-order valence-electron chi connectivity index (χ0n) is 18.2. The molecule has 1 aliphatic heterocycles. The van der Waals surface area contributed by atoms with E-state index in [0.29, 0.717) is 23.7 Å². The number of aliphatic hydroxyl groups excluding tert-OH is 1. The monoisotopic (exact) mass is 456 g/mol. The molecule has 34 heavy (non-hydrogen) atoms. The van der Waals surface area contributed by atoms with E-state index in [1.165, 1.54) is 17.2 Å². The Bertz CT molecular complexity index is 1350. The van der Waals surface area contributed by atoms with Crippen LogP contribution >= 0.6 is 0 Å². The fraction of sp³-hybridized carbons (Fsp3) is 0.115. The first-order chi connectivity index (χ1) is 16.5. The minimum atomic E-state index is -0.933. The summed E-state index contributed by atoms with van der Waals surface area (Å²) in [6.07, 6.45) is 1.36. The number of rotatable bonds is 7. The summed E-state index contributed by atoms with van der Waals surface area (Å²) in [5.74, 6) is -0.697. The molecule has 1 aliphatic rings. The van der Waals surface area contributed by atoms with E-state index in [9.17, 15) is 14.7 Å². The number of amides is 1. The zero-order chi connectivity index (χ0) is 23.7. The van der Waals surface area contributed by atoms with Gasteiger partial charge in [-0.05, 0) is 42.3 Å². The number of aromatic nitrogens is 1. The molecule has 1 atom stereocenters. The highest BCUT2D eigenvalue weighted by Crippen LogP contribution is 2.42. The van der Waals surface area contributed by atoms with Crippen LogP contribution in [0, 0.1) is 6.92 Å². The highest BCUT2D eigenvalue weighted by molar-refractivity contribution is 6.19. The minimum Gasteiger partial charge on any atom is -0.503 e. The molecule has 170 valence electrons. The Hall–Kier alpha value is -4.59. The summed E-state index contributed by atoms with van der Waals surface area (Å²) in [6.45, 7) is 2.09. The Balaban J connectivity index is 1.49. The average Bonchev–Trinajstić information content (AvgIpc) is 3.59. The summed E-state index contributed by atoms with van der Waals surface area (Å²) in [5, 5.41) is 14.6. The third-order valence-corrected chi connectivity index (χ3v) is 5.50. The number of hydrogen-bond donors (Lipinski definition) is 1. The molecule has 0 radical (unpaired) electrons. The maximum atomic E-state index is 13.2. The molecule has 0 aliphatic carbocycles. The lowest BCUT2D eigenvalue weighted by atomic mass is 9.95. The Morgan fingerprint density at radius 3 is 2.50 bits per heavy atom. The van der Waals surface area contributed by atoms with Crippen molar-refractivity contribution in [1.82, 2.24) is 5.16 Å². The van der Waals surface area contributed by atoms with Crippen LogP contribution < -0.4 is 9.64 Å². The van der Waals surface area contributed by atoms with E-state index in [0.717, 1.165) is 5.56 Å². The summed E-state index contributed by atoms with van der Waals surface area (Å²) in [4.78, 5) is 27.5. The summed E-state index contributed by atoms with van der Waals surface area (Å²) < 4.78 is 16.2. The molecule has 0 bridgehead atoms. The fourth-order valence-electron chi connectivity index (χ4n) is 3.88. The summed E-state index contributed by atoms with van der Waals surface area (Å²) >= 11 is 0. The summed E-state index contributed by atoms with van der Waals surface area (Å²) in [5.41, 5.74) is 1.51. The third-order valence-electron chi connectivity index (χ3n) is 5.50. The Morgan fingerprint density at radius 2 is 1.85 bits per heavy atom. The molecular formula is C26H20N2O6. The van der Waals surface area contributed by atoms with Gasteiger partial charge in [-0.15, -0.1) is 0 Å². The van der Waals surface area contributed by atoms with Gasteiger partial charge >= 0.3 is 0 Å². The van der Waals surface area contributed by atoms with Gasteiger partial charge in [0.2, 0.25) is 5.78 Å². The van der Waals surface area contributed by atoms with Crippen LogP contribution in [0.1, 0.15) is 33.5 Å². The van der Waals surface area contributed by atoms with Crippen molar-refractivity contribution in [2.75, 3.05) is 4.90 Å². The number of aliphatic hydroxyl groups is 1. The summed E-state index contributed by atoms with van der Waals surface area (Å²) in [6, 6.07) is 20.4. The molecule has 8 heteroatoms. The number of carbonyl (C=O) groups excluding carboxylic acids is 2. The Labute approximate surface area is 194 Å². The molecule has 4 aromatic rings. The fourth-order valence-corrected chi connectivity index (χ4v) is 3.88. The van der Waals surface area contributed by atoms with Gasteiger partial charge in [0.25, 0.3) is 5.91 Å². The molecule has 0 spiro atoms. The predicted molar refractivity (Wildman–Crippen MR) is 121 cm³/mol. The number of carbonyl (C=O) groups is 2. The number of anilines is 1. The first kappa shape index (κ1) is 21.3. The van der Waals surface area contributed by atoms with E-state index in [1.54, 1.807) is 43.3 Å². The second kappa shape index (κ2) is 8.74. The first-order valence-electron chi connectivity index (χ1n) is 10.6. The molecule has 1 N–H and O–H groups in total. The van der Waals surface area contributed by atoms with Crippen molar-refractivity contribution in [3.05, 3.63) is 113 Å². The number of nitrogens with zero attached hydrogens (tertiary/aromatic N) is 2. The topological polar surface area (TPSA) is 106 Å². The van der Waals surface area contributed by atoms with E-state index in [-0.39, 0.29) is 17.2 Å². The average molecular weight is 456 g/mol. The van der Waals surface area contributed by atoms with Crippen molar-refractivity contribution in [3.63, 3.8) is 0 Å². The largest absolute Gasteiger partial charge is 0.503 e. The molecule has 1 amide bonds. The van der Waals surface area contributed by atoms with Gasteiger partial charge < -0.3 is 18.8 Å². The van der Waals surface area contributed by atoms with Gasteiger partial charge in [-0.3, -0.25) is 14.5 Å². The molecule has 2 aromatic carbocycles. The number of hydrogen-bond acceptors (Lipinski definition) is 7.